The lowest BCUT2D eigenvalue weighted by molar-refractivity contribution is -0.384. The molecule has 0 saturated carbocycles. The maximum absolute atomic E-state index is 13.1. The maximum Gasteiger partial charge on any atom is 0.329 e. The smallest absolute Gasteiger partial charge is 0.329 e. The third-order valence-electron chi connectivity index (χ3n) is 2.28. The number of hydrogen-bond acceptors (Lipinski definition) is 7. The number of halogens is 2. The van der Waals surface area contributed by atoms with Crippen molar-refractivity contribution in [2.24, 2.45) is 5.84 Å². The van der Waals surface area contributed by atoms with Crippen molar-refractivity contribution in [2.45, 2.75) is 0 Å². The minimum absolute atomic E-state index is 0.0132. The van der Waals surface area contributed by atoms with Gasteiger partial charge in [0.05, 0.1) is 9.40 Å². The summed E-state index contributed by atoms with van der Waals surface area (Å²) >= 11 is 3.02. The van der Waals surface area contributed by atoms with Crippen LogP contribution in [0.15, 0.2) is 28.9 Å². The molecule has 0 unspecified atom stereocenters. The van der Waals surface area contributed by atoms with Crippen molar-refractivity contribution in [3.8, 4) is 0 Å². The predicted molar refractivity (Wildman–Crippen MR) is 73.9 cm³/mol. The Hall–Kier alpha value is -2.33. The molecule has 2 rings (SSSR count). The third kappa shape index (κ3) is 2.97. The van der Waals surface area contributed by atoms with Crippen molar-refractivity contribution in [1.29, 1.82) is 0 Å². The fourth-order valence-electron chi connectivity index (χ4n) is 1.38. The summed E-state index contributed by atoms with van der Waals surface area (Å²) in [6.45, 7) is 0. The molecule has 1 aromatic heterocycles. The molecule has 10 heteroatoms. The first-order valence-electron chi connectivity index (χ1n) is 5.21. The van der Waals surface area contributed by atoms with Crippen molar-refractivity contribution < 1.29 is 9.31 Å². The molecule has 8 nitrogen and oxygen atoms in total. The highest BCUT2D eigenvalue weighted by atomic mass is 79.9. The monoisotopic (exact) mass is 342 g/mol. The molecule has 0 radical (unpaired) electrons. The van der Waals surface area contributed by atoms with Gasteiger partial charge in [0, 0.05) is 5.69 Å². The molecule has 0 aliphatic heterocycles. The van der Waals surface area contributed by atoms with E-state index in [1.165, 1.54) is 18.2 Å². The molecule has 1 heterocycles. The summed E-state index contributed by atoms with van der Waals surface area (Å²) < 4.78 is 13.3. The third-order valence-corrected chi connectivity index (χ3v) is 2.89. The molecule has 0 aliphatic carbocycles. The average Bonchev–Trinajstić information content (AvgIpc) is 2.42. The molecule has 0 saturated heterocycles. The number of nitro groups is 1. The number of nitrogens with two attached hydrogens (primary N) is 1. The second-order valence-corrected chi connectivity index (χ2v) is 4.44. The lowest BCUT2D eigenvalue weighted by Gasteiger charge is -2.08. The average molecular weight is 343 g/mol. The molecular weight excluding hydrogens is 335 g/mol. The van der Waals surface area contributed by atoms with Crippen LogP contribution in [0.4, 0.5) is 27.5 Å². The first-order chi connectivity index (χ1) is 9.51. The highest BCUT2D eigenvalue weighted by molar-refractivity contribution is 9.10. The molecule has 2 aromatic rings. The van der Waals surface area contributed by atoms with Gasteiger partial charge in [-0.1, -0.05) is 0 Å². The van der Waals surface area contributed by atoms with Crippen LogP contribution < -0.4 is 16.6 Å². The number of hydrogen-bond donors (Lipinski definition) is 3. The lowest BCUT2D eigenvalue weighted by atomic mass is 10.3. The molecule has 0 bridgehead atoms. The fourth-order valence-corrected chi connectivity index (χ4v) is 1.76. The van der Waals surface area contributed by atoms with Crippen molar-refractivity contribution >= 4 is 39.1 Å². The molecule has 104 valence electrons. The van der Waals surface area contributed by atoms with Crippen LogP contribution in [-0.2, 0) is 0 Å². The molecule has 4 N–H and O–H groups in total. The van der Waals surface area contributed by atoms with Gasteiger partial charge in [-0.05, 0) is 34.1 Å². The van der Waals surface area contributed by atoms with Crippen LogP contribution in [0.25, 0.3) is 0 Å². The SMILES string of the molecule is NNc1ncc([N+](=O)[O-])c(Nc2ccc(F)c(Br)c2)n1. The number of hydrazine groups is 1. The number of aromatic nitrogens is 2. The Morgan fingerprint density at radius 2 is 2.20 bits per heavy atom. The Kier molecular flexibility index (Phi) is 4.05. The normalized spacial score (nSPS) is 10.2. The van der Waals surface area contributed by atoms with E-state index in [0.717, 1.165) is 6.20 Å². The molecule has 20 heavy (non-hydrogen) atoms. The predicted octanol–water partition coefficient (Wildman–Crippen LogP) is 2.32. The van der Waals surface area contributed by atoms with Gasteiger partial charge in [0.25, 0.3) is 0 Å². The van der Waals surface area contributed by atoms with Crippen LogP contribution in [0.1, 0.15) is 0 Å². The van der Waals surface area contributed by atoms with Crippen molar-refractivity contribution in [3.05, 3.63) is 44.8 Å². The van der Waals surface area contributed by atoms with Crippen LogP contribution in [0, 0.1) is 15.9 Å². The highest BCUT2D eigenvalue weighted by Crippen LogP contribution is 2.27. The van der Waals surface area contributed by atoms with E-state index in [1.54, 1.807) is 0 Å². The van der Waals surface area contributed by atoms with E-state index in [1.807, 2.05) is 0 Å². The zero-order valence-electron chi connectivity index (χ0n) is 9.80. The Labute approximate surface area is 120 Å². The van der Waals surface area contributed by atoms with E-state index >= 15 is 0 Å². The summed E-state index contributed by atoms with van der Waals surface area (Å²) in [6.07, 6.45) is 1.02. The molecule has 0 amide bonds. The number of nitrogens with one attached hydrogen (secondary N) is 2. The Morgan fingerprint density at radius 1 is 1.45 bits per heavy atom. The molecule has 0 aliphatic rings. The minimum atomic E-state index is -0.638. The standard InChI is InChI=1S/C10H8BrFN6O2/c11-6-3-5(1-2-7(6)12)15-9-8(18(19)20)4-14-10(16-9)17-13/h1-4H,13H2,(H2,14,15,16,17). The van der Waals surface area contributed by atoms with Gasteiger partial charge in [-0.3, -0.25) is 15.5 Å². The van der Waals surface area contributed by atoms with Crippen LogP contribution >= 0.6 is 15.9 Å². The number of nitrogens with zero attached hydrogens (tertiary/aromatic N) is 3. The summed E-state index contributed by atoms with van der Waals surface area (Å²) in [4.78, 5) is 17.8. The van der Waals surface area contributed by atoms with E-state index in [2.05, 4.69) is 36.6 Å². The topological polar surface area (TPSA) is 119 Å². The van der Waals surface area contributed by atoms with Gasteiger partial charge < -0.3 is 5.32 Å². The lowest BCUT2D eigenvalue weighted by Crippen LogP contribution is -2.12. The number of nitrogen functional groups attached to an aromatic ring is 1. The van der Waals surface area contributed by atoms with E-state index in [-0.39, 0.29) is 21.9 Å². The zero-order valence-corrected chi connectivity index (χ0v) is 11.4. The van der Waals surface area contributed by atoms with Gasteiger partial charge in [0.2, 0.25) is 11.8 Å². The molecular formula is C10H8BrFN6O2. The molecule has 1 aromatic carbocycles. The fraction of sp³-hybridized carbons (Fsp3) is 0. The number of benzene rings is 1. The number of rotatable bonds is 4. The van der Waals surface area contributed by atoms with Gasteiger partial charge >= 0.3 is 5.69 Å². The summed E-state index contributed by atoms with van der Waals surface area (Å²) in [5.41, 5.74) is 2.28. The van der Waals surface area contributed by atoms with E-state index in [9.17, 15) is 14.5 Å². The van der Waals surface area contributed by atoms with Crippen molar-refractivity contribution in [1.82, 2.24) is 9.97 Å². The quantitative estimate of drug-likeness (QED) is 0.443. The van der Waals surface area contributed by atoms with Crippen LogP contribution in [-0.4, -0.2) is 14.9 Å². The van der Waals surface area contributed by atoms with Gasteiger partial charge in [0.15, 0.2) is 0 Å². The van der Waals surface area contributed by atoms with Gasteiger partial charge in [-0.2, -0.15) is 4.98 Å². The van der Waals surface area contributed by atoms with E-state index in [0.29, 0.717) is 5.69 Å². The molecule has 0 fully saturated rings. The second-order valence-electron chi connectivity index (χ2n) is 3.58. The summed E-state index contributed by atoms with van der Waals surface area (Å²) in [5, 5.41) is 13.6. The Bertz CT molecular complexity index is 668. The Balaban J connectivity index is 2.40. The zero-order chi connectivity index (χ0) is 14.7. The molecule has 0 spiro atoms. The molecule has 0 atom stereocenters. The first kappa shape index (κ1) is 14.1. The van der Waals surface area contributed by atoms with Crippen molar-refractivity contribution in [3.63, 3.8) is 0 Å². The van der Waals surface area contributed by atoms with Crippen LogP contribution in [0.2, 0.25) is 0 Å². The maximum atomic E-state index is 13.1. The van der Waals surface area contributed by atoms with Gasteiger partial charge in [0.1, 0.15) is 12.0 Å². The second kappa shape index (κ2) is 5.75. The van der Waals surface area contributed by atoms with Crippen LogP contribution in [0.3, 0.4) is 0 Å². The number of anilines is 3. The largest absolute Gasteiger partial charge is 0.334 e. The van der Waals surface area contributed by atoms with Crippen LogP contribution in [0.5, 0.6) is 0 Å². The summed E-state index contributed by atoms with van der Waals surface area (Å²) in [5.74, 6) is 4.66. The van der Waals surface area contributed by atoms with E-state index < -0.39 is 10.7 Å². The summed E-state index contributed by atoms with van der Waals surface area (Å²) in [7, 11) is 0. The van der Waals surface area contributed by atoms with Gasteiger partial charge in [-0.15, -0.1) is 0 Å². The highest BCUT2D eigenvalue weighted by Gasteiger charge is 2.17. The van der Waals surface area contributed by atoms with Crippen molar-refractivity contribution in [2.75, 3.05) is 10.7 Å². The summed E-state index contributed by atoms with van der Waals surface area (Å²) in [6, 6.07) is 4.06. The minimum Gasteiger partial charge on any atom is -0.334 e. The Morgan fingerprint density at radius 3 is 2.80 bits per heavy atom. The van der Waals surface area contributed by atoms with Gasteiger partial charge in [-0.25, -0.2) is 15.2 Å². The van der Waals surface area contributed by atoms with E-state index in [4.69, 9.17) is 5.84 Å². The first-order valence-corrected chi connectivity index (χ1v) is 6.00.